The van der Waals surface area contributed by atoms with Crippen molar-refractivity contribution in [2.45, 2.75) is 13.3 Å². The molecule has 0 amide bonds. The Kier molecular flexibility index (Phi) is 3.19. The molecule has 0 spiro atoms. The van der Waals surface area contributed by atoms with Crippen LogP contribution in [0.1, 0.15) is 23.7 Å². The molecule has 0 radical (unpaired) electrons. The van der Waals surface area contributed by atoms with E-state index in [1.807, 2.05) is 6.92 Å². The molecule has 2 N–H and O–H groups in total. The Bertz CT molecular complexity index is 301. The van der Waals surface area contributed by atoms with Gasteiger partial charge in [0.15, 0.2) is 5.82 Å². The highest BCUT2D eigenvalue weighted by Crippen LogP contribution is 2.09. The summed E-state index contributed by atoms with van der Waals surface area (Å²) in [6.07, 6.45) is 2.27. The number of aromatic carboxylic acids is 1. The first-order valence-corrected chi connectivity index (χ1v) is 4.04. The van der Waals surface area contributed by atoms with Gasteiger partial charge < -0.3 is 10.4 Å². The van der Waals surface area contributed by atoms with Gasteiger partial charge in [0.1, 0.15) is 5.56 Å². The van der Waals surface area contributed by atoms with Crippen LogP contribution in [0.4, 0.5) is 5.82 Å². The summed E-state index contributed by atoms with van der Waals surface area (Å²) in [5.74, 6) is -0.662. The second kappa shape index (κ2) is 4.39. The van der Waals surface area contributed by atoms with Gasteiger partial charge in [-0.15, -0.1) is 5.10 Å². The van der Waals surface area contributed by atoms with Gasteiger partial charge in [0, 0.05) is 6.54 Å². The molecule has 1 aromatic rings. The third-order valence-electron chi connectivity index (χ3n) is 1.49. The Morgan fingerprint density at radius 2 is 2.46 bits per heavy atom. The Balaban J connectivity index is 2.84. The van der Waals surface area contributed by atoms with Crippen molar-refractivity contribution < 1.29 is 9.90 Å². The number of aromatic nitrogens is 2. The molecule has 1 rings (SSSR count). The van der Waals surface area contributed by atoms with Crippen LogP contribution in [-0.2, 0) is 0 Å². The van der Waals surface area contributed by atoms with Crippen molar-refractivity contribution in [2.75, 3.05) is 11.9 Å². The van der Waals surface area contributed by atoms with Crippen LogP contribution in [0.25, 0.3) is 0 Å². The smallest absolute Gasteiger partial charge is 0.339 e. The minimum Gasteiger partial charge on any atom is -0.478 e. The highest BCUT2D eigenvalue weighted by Gasteiger charge is 2.09. The maximum Gasteiger partial charge on any atom is 0.339 e. The average Bonchev–Trinajstić information content (AvgIpc) is 2.15. The first-order chi connectivity index (χ1) is 6.25. The number of nitrogens with one attached hydrogen (secondary N) is 1. The minimum absolute atomic E-state index is 0.156. The van der Waals surface area contributed by atoms with Crippen LogP contribution in [0.5, 0.6) is 0 Å². The van der Waals surface area contributed by atoms with Gasteiger partial charge in [-0.3, -0.25) is 0 Å². The highest BCUT2D eigenvalue weighted by atomic mass is 16.4. The second-order valence-corrected chi connectivity index (χ2v) is 2.53. The van der Waals surface area contributed by atoms with Gasteiger partial charge in [-0.05, 0) is 12.5 Å². The summed E-state index contributed by atoms with van der Waals surface area (Å²) in [5.41, 5.74) is 0.156. The van der Waals surface area contributed by atoms with Crippen LogP contribution >= 0.6 is 0 Å². The second-order valence-electron chi connectivity index (χ2n) is 2.53. The SMILES string of the molecule is CCCNc1nnccc1C(=O)O. The molecule has 0 saturated carbocycles. The molecule has 0 aliphatic rings. The van der Waals surface area contributed by atoms with Crippen LogP contribution in [0.2, 0.25) is 0 Å². The number of hydrogen-bond donors (Lipinski definition) is 2. The van der Waals surface area contributed by atoms with Crippen molar-refractivity contribution in [3.63, 3.8) is 0 Å². The van der Waals surface area contributed by atoms with E-state index in [0.717, 1.165) is 6.42 Å². The predicted molar refractivity (Wildman–Crippen MR) is 47.8 cm³/mol. The molecule has 13 heavy (non-hydrogen) atoms. The fourth-order valence-electron chi connectivity index (χ4n) is 0.878. The van der Waals surface area contributed by atoms with Crippen molar-refractivity contribution in [1.82, 2.24) is 10.2 Å². The fourth-order valence-corrected chi connectivity index (χ4v) is 0.878. The molecule has 0 fully saturated rings. The van der Waals surface area contributed by atoms with Crippen molar-refractivity contribution in [3.8, 4) is 0 Å². The lowest BCUT2D eigenvalue weighted by Gasteiger charge is -2.04. The number of carboxylic acids is 1. The van der Waals surface area contributed by atoms with E-state index < -0.39 is 5.97 Å². The van der Waals surface area contributed by atoms with Gasteiger partial charge in [-0.25, -0.2) is 4.79 Å². The van der Waals surface area contributed by atoms with E-state index in [1.54, 1.807) is 0 Å². The molecule has 0 aliphatic carbocycles. The molecular weight excluding hydrogens is 170 g/mol. The summed E-state index contributed by atoms with van der Waals surface area (Å²) in [5, 5.41) is 18.9. The number of carbonyl (C=O) groups is 1. The molecule has 5 nitrogen and oxygen atoms in total. The van der Waals surface area contributed by atoms with E-state index in [9.17, 15) is 4.79 Å². The summed E-state index contributed by atoms with van der Waals surface area (Å²) in [6.45, 7) is 2.68. The van der Waals surface area contributed by atoms with E-state index in [-0.39, 0.29) is 5.56 Å². The first kappa shape index (κ1) is 9.44. The summed E-state index contributed by atoms with van der Waals surface area (Å²) < 4.78 is 0. The molecule has 0 aliphatic heterocycles. The summed E-state index contributed by atoms with van der Waals surface area (Å²) in [4.78, 5) is 10.7. The highest BCUT2D eigenvalue weighted by molar-refractivity contribution is 5.92. The van der Waals surface area contributed by atoms with Gasteiger partial charge in [0.2, 0.25) is 0 Å². The Labute approximate surface area is 75.8 Å². The van der Waals surface area contributed by atoms with Crippen LogP contribution in [-0.4, -0.2) is 27.8 Å². The quantitative estimate of drug-likeness (QED) is 0.724. The Morgan fingerprint density at radius 3 is 3.08 bits per heavy atom. The molecule has 0 atom stereocenters. The molecule has 0 saturated heterocycles. The van der Waals surface area contributed by atoms with E-state index in [0.29, 0.717) is 12.4 Å². The zero-order valence-electron chi connectivity index (χ0n) is 7.32. The average molecular weight is 181 g/mol. The van der Waals surface area contributed by atoms with E-state index in [1.165, 1.54) is 12.3 Å². The lowest BCUT2D eigenvalue weighted by molar-refractivity contribution is 0.0697. The van der Waals surface area contributed by atoms with Crippen molar-refractivity contribution >= 4 is 11.8 Å². The predicted octanol–water partition coefficient (Wildman–Crippen LogP) is 0.997. The van der Waals surface area contributed by atoms with Crippen LogP contribution in [0.3, 0.4) is 0 Å². The molecule has 0 bridgehead atoms. The molecule has 70 valence electrons. The Hall–Kier alpha value is -1.65. The van der Waals surface area contributed by atoms with Crippen molar-refractivity contribution in [3.05, 3.63) is 17.8 Å². The summed E-state index contributed by atoms with van der Waals surface area (Å²) >= 11 is 0. The normalized spacial score (nSPS) is 9.62. The maximum absolute atomic E-state index is 10.7. The topological polar surface area (TPSA) is 75.1 Å². The Morgan fingerprint density at radius 1 is 1.69 bits per heavy atom. The molecular formula is C8H11N3O2. The first-order valence-electron chi connectivity index (χ1n) is 4.04. The minimum atomic E-state index is -0.992. The van der Waals surface area contributed by atoms with Crippen LogP contribution < -0.4 is 5.32 Å². The summed E-state index contributed by atoms with van der Waals surface area (Å²) in [7, 11) is 0. The van der Waals surface area contributed by atoms with Crippen molar-refractivity contribution in [2.24, 2.45) is 0 Å². The molecule has 5 heteroatoms. The molecule has 0 aromatic carbocycles. The van der Waals surface area contributed by atoms with E-state index >= 15 is 0 Å². The molecule has 1 aromatic heterocycles. The number of rotatable bonds is 4. The van der Waals surface area contributed by atoms with Crippen molar-refractivity contribution in [1.29, 1.82) is 0 Å². The van der Waals surface area contributed by atoms with Gasteiger partial charge in [0.25, 0.3) is 0 Å². The number of anilines is 1. The van der Waals surface area contributed by atoms with Gasteiger partial charge in [-0.1, -0.05) is 6.92 Å². The number of nitrogens with zero attached hydrogens (tertiary/aromatic N) is 2. The monoisotopic (exact) mass is 181 g/mol. The zero-order valence-corrected chi connectivity index (χ0v) is 7.32. The largest absolute Gasteiger partial charge is 0.478 e. The third-order valence-corrected chi connectivity index (χ3v) is 1.49. The van der Waals surface area contributed by atoms with E-state index in [2.05, 4.69) is 15.5 Å². The lowest BCUT2D eigenvalue weighted by atomic mass is 10.3. The maximum atomic E-state index is 10.7. The lowest BCUT2D eigenvalue weighted by Crippen LogP contribution is -2.09. The zero-order chi connectivity index (χ0) is 9.68. The molecule has 0 unspecified atom stereocenters. The van der Waals surface area contributed by atoms with Gasteiger partial charge in [0.05, 0.1) is 6.20 Å². The summed E-state index contributed by atoms with van der Waals surface area (Å²) in [6, 6.07) is 1.42. The number of carboxylic acid groups (broad SMARTS) is 1. The van der Waals surface area contributed by atoms with E-state index in [4.69, 9.17) is 5.11 Å². The standard InChI is InChI=1S/C8H11N3O2/c1-2-4-9-7-6(8(12)13)3-5-10-11-7/h3,5H,2,4H2,1H3,(H,9,11)(H,12,13). The molecule has 1 heterocycles. The van der Waals surface area contributed by atoms with Crippen LogP contribution in [0, 0.1) is 0 Å². The fraction of sp³-hybridized carbons (Fsp3) is 0.375. The van der Waals surface area contributed by atoms with Crippen LogP contribution in [0.15, 0.2) is 12.3 Å². The van der Waals surface area contributed by atoms with Gasteiger partial charge in [-0.2, -0.15) is 5.10 Å². The van der Waals surface area contributed by atoms with Gasteiger partial charge >= 0.3 is 5.97 Å². The number of hydrogen-bond acceptors (Lipinski definition) is 4. The third kappa shape index (κ3) is 2.40.